The number of rotatable bonds is 3. The standard InChI is InChI=1S/C13H15N5O3S/c1-7(19)14-13-16-9(6-22-13)12(20)18-5-3-4-10(18)11-15-8(2)21-17-11/h6,10H,3-5H2,1-2H3,(H,14,16,19)/t10-/m1/s1. The lowest BCUT2D eigenvalue weighted by molar-refractivity contribution is -0.114. The predicted octanol–water partition coefficient (Wildman–Crippen LogP) is 1.77. The summed E-state index contributed by atoms with van der Waals surface area (Å²) in [6.45, 7) is 3.75. The Labute approximate surface area is 130 Å². The number of thiazole rings is 1. The highest BCUT2D eigenvalue weighted by molar-refractivity contribution is 7.14. The molecular formula is C13H15N5O3S. The maximum Gasteiger partial charge on any atom is 0.274 e. The second kappa shape index (κ2) is 5.84. The van der Waals surface area contributed by atoms with Crippen LogP contribution < -0.4 is 5.32 Å². The monoisotopic (exact) mass is 321 g/mol. The molecule has 0 unspecified atom stereocenters. The summed E-state index contributed by atoms with van der Waals surface area (Å²) in [5.41, 5.74) is 0.320. The summed E-state index contributed by atoms with van der Waals surface area (Å²) in [7, 11) is 0. The van der Waals surface area contributed by atoms with Gasteiger partial charge in [-0.3, -0.25) is 9.59 Å². The minimum Gasteiger partial charge on any atom is -0.340 e. The summed E-state index contributed by atoms with van der Waals surface area (Å²) in [6.07, 6.45) is 1.68. The van der Waals surface area contributed by atoms with Crippen molar-refractivity contribution in [2.45, 2.75) is 32.7 Å². The maximum absolute atomic E-state index is 12.6. The number of nitrogens with zero attached hydrogens (tertiary/aromatic N) is 4. The highest BCUT2D eigenvalue weighted by atomic mass is 32.1. The van der Waals surface area contributed by atoms with Crippen molar-refractivity contribution in [3.63, 3.8) is 0 Å². The van der Waals surface area contributed by atoms with Crippen molar-refractivity contribution in [1.82, 2.24) is 20.0 Å². The lowest BCUT2D eigenvalue weighted by Gasteiger charge is -2.21. The fourth-order valence-corrected chi connectivity index (χ4v) is 3.19. The molecule has 0 aliphatic carbocycles. The Bertz CT molecular complexity index is 710. The second-order valence-corrected chi connectivity index (χ2v) is 5.91. The lowest BCUT2D eigenvalue weighted by Crippen LogP contribution is -2.31. The van der Waals surface area contributed by atoms with E-state index >= 15 is 0 Å². The van der Waals surface area contributed by atoms with Crippen LogP contribution in [0.4, 0.5) is 5.13 Å². The minimum absolute atomic E-state index is 0.183. The van der Waals surface area contributed by atoms with E-state index in [-0.39, 0.29) is 17.9 Å². The molecule has 3 rings (SSSR count). The zero-order valence-corrected chi connectivity index (χ0v) is 13.0. The zero-order valence-electron chi connectivity index (χ0n) is 12.2. The first-order chi connectivity index (χ1) is 10.5. The molecule has 2 aromatic heterocycles. The van der Waals surface area contributed by atoms with Gasteiger partial charge in [0.15, 0.2) is 11.0 Å². The summed E-state index contributed by atoms with van der Waals surface area (Å²) in [5.74, 6) is 0.615. The van der Waals surface area contributed by atoms with E-state index in [0.717, 1.165) is 12.8 Å². The van der Waals surface area contributed by atoms with E-state index in [1.54, 1.807) is 17.2 Å². The van der Waals surface area contributed by atoms with Crippen molar-refractivity contribution in [3.8, 4) is 0 Å². The molecular weight excluding hydrogens is 306 g/mol. The van der Waals surface area contributed by atoms with Crippen LogP contribution in [0.3, 0.4) is 0 Å². The number of amides is 2. The van der Waals surface area contributed by atoms with Gasteiger partial charge in [-0.25, -0.2) is 4.98 Å². The molecule has 8 nitrogen and oxygen atoms in total. The molecule has 1 aliphatic heterocycles. The summed E-state index contributed by atoms with van der Waals surface area (Å²) in [5, 5.41) is 8.55. The van der Waals surface area contributed by atoms with Crippen LogP contribution in [-0.4, -0.2) is 38.4 Å². The molecule has 1 atom stereocenters. The van der Waals surface area contributed by atoms with E-state index in [4.69, 9.17) is 4.52 Å². The van der Waals surface area contributed by atoms with Crippen molar-refractivity contribution in [3.05, 3.63) is 22.8 Å². The van der Waals surface area contributed by atoms with Crippen LogP contribution in [0.15, 0.2) is 9.90 Å². The Morgan fingerprint density at radius 1 is 1.45 bits per heavy atom. The van der Waals surface area contributed by atoms with Crippen LogP contribution in [0, 0.1) is 6.92 Å². The SMILES string of the molecule is CC(=O)Nc1nc(C(=O)N2CCC[C@@H]2c2noc(C)n2)cs1. The van der Waals surface area contributed by atoms with Gasteiger partial charge in [0.05, 0.1) is 6.04 Å². The summed E-state index contributed by atoms with van der Waals surface area (Å²) in [4.78, 5) is 33.7. The van der Waals surface area contributed by atoms with Gasteiger partial charge in [-0.2, -0.15) is 4.98 Å². The average Bonchev–Trinajstić information content (AvgIpc) is 3.16. The molecule has 1 saturated heterocycles. The second-order valence-electron chi connectivity index (χ2n) is 5.05. The molecule has 1 fully saturated rings. The van der Waals surface area contributed by atoms with E-state index in [1.165, 1.54) is 18.3 Å². The van der Waals surface area contributed by atoms with Gasteiger partial charge in [-0.15, -0.1) is 11.3 Å². The van der Waals surface area contributed by atoms with Crippen LogP contribution in [0.2, 0.25) is 0 Å². The van der Waals surface area contributed by atoms with Gasteiger partial charge >= 0.3 is 0 Å². The number of nitrogens with one attached hydrogen (secondary N) is 1. The molecule has 1 N–H and O–H groups in total. The number of aromatic nitrogens is 3. The maximum atomic E-state index is 12.6. The molecule has 0 radical (unpaired) electrons. The van der Waals surface area contributed by atoms with E-state index in [0.29, 0.717) is 29.1 Å². The van der Waals surface area contributed by atoms with Crippen molar-refractivity contribution in [2.75, 3.05) is 11.9 Å². The topological polar surface area (TPSA) is 101 Å². The van der Waals surface area contributed by atoms with Crippen LogP contribution in [0.25, 0.3) is 0 Å². The third kappa shape index (κ3) is 2.84. The molecule has 2 aromatic rings. The summed E-state index contributed by atoms with van der Waals surface area (Å²) < 4.78 is 5.00. The van der Waals surface area contributed by atoms with Crippen molar-refractivity contribution in [1.29, 1.82) is 0 Å². The highest BCUT2D eigenvalue weighted by Gasteiger charge is 2.34. The number of anilines is 1. The minimum atomic E-state index is -0.213. The number of aryl methyl sites for hydroxylation is 1. The highest BCUT2D eigenvalue weighted by Crippen LogP contribution is 2.32. The van der Waals surface area contributed by atoms with Crippen molar-refractivity contribution < 1.29 is 14.1 Å². The quantitative estimate of drug-likeness (QED) is 0.924. The van der Waals surface area contributed by atoms with Gasteiger partial charge in [-0.1, -0.05) is 5.16 Å². The molecule has 1 aliphatic rings. The predicted molar refractivity (Wildman–Crippen MR) is 78.5 cm³/mol. The first kappa shape index (κ1) is 14.6. The van der Waals surface area contributed by atoms with Crippen LogP contribution in [-0.2, 0) is 4.79 Å². The average molecular weight is 321 g/mol. The third-order valence-corrected chi connectivity index (χ3v) is 4.12. The zero-order chi connectivity index (χ0) is 15.7. The molecule has 0 aromatic carbocycles. The largest absolute Gasteiger partial charge is 0.340 e. The van der Waals surface area contributed by atoms with Gasteiger partial charge in [0.2, 0.25) is 11.8 Å². The fraction of sp³-hybridized carbons (Fsp3) is 0.462. The number of hydrogen-bond acceptors (Lipinski definition) is 7. The van der Waals surface area contributed by atoms with Gasteiger partial charge in [0.1, 0.15) is 5.69 Å². The molecule has 2 amide bonds. The number of hydrogen-bond donors (Lipinski definition) is 1. The number of likely N-dealkylation sites (tertiary alicyclic amines) is 1. The molecule has 9 heteroatoms. The lowest BCUT2D eigenvalue weighted by atomic mass is 10.2. The van der Waals surface area contributed by atoms with Gasteiger partial charge in [-0.05, 0) is 12.8 Å². The van der Waals surface area contributed by atoms with Crippen LogP contribution in [0.5, 0.6) is 0 Å². The van der Waals surface area contributed by atoms with Crippen molar-refractivity contribution in [2.24, 2.45) is 0 Å². The Morgan fingerprint density at radius 2 is 2.27 bits per heavy atom. The van der Waals surface area contributed by atoms with E-state index < -0.39 is 0 Å². The smallest absolute Gasteiger partial charge is 0.274 e. The normalized spacial score (nSPS) is 17.7. The van der Waals surface area contributed by atoms with E-state index in [1.807, 2.05) is 0 Å². The summed E-state index contributed by atoms with van der Waals surface area (Å²) >= 11 is 1.23. The van der Waals surface area contributed by atoms with Gasteiger partial charge in [0.25, 0.3) is 5.91 Å². The number of carbonyl (C=O) groups is 2. The third-order valence-electron chi connectivity index (χ3n) is 3.36. The number of carbonyl (C=O) groups excluding carboxylic acids is 2. The Morgan fingerprint density at radius 3 is 2.95 bits per heavy atom. The Kier molecular flexibility index (Phi) is 3.88. The molecule has 22 heavy (non-hydrogen) atoms. The van der Waals surface area contributed by atoms with Crippen LogP contribution in [0.1, 0.15) is 48.0 Å². The Hall–Kier alpha value is -2.29. The Balaban J connectivity index is 1.78. The molecule has 0 spiro atoms. The summed E-state index contributed by atoms with van der Waals surface area (Å²) in [6, 6.07) is -0.184. The van der Waals surface area contributed by atoms with E-state index in [2.05, 4.69) is 20.4 Å². The molecule has 0 saturated carbocycles. The van der Waals surface area contributed by atoms with E-state index in [9.17, 15) is 9.59 Å². The molecule has 3 heterocycles. The first-order valence-corrected chi connectivity index (χ1v) is 7.77. The molecule has 0 bridgehead atoms. The van der Waals surface area contributed by atoms with Gasteiger partial charge < -0.3 is 14.7 Å². The van der Waals surface area contributed by atoms with Crippen molar-refractivity contribution >= 4 is 28.3 Å². The molecule has 116 valence electrons. The fourth-order valence-electron chi connectivity index (χ4n) is 2.46. The van der Waals surface area contributed by atoms with Crippen LogP contribution >= 0.6 is 11.3 Å². The van der Waals surface area contributed by atoms with Gasteiger partial charge in [0, 0.05) is 25.8 Å². The first-order valence-electron chi connectivity index (χ1n) is 6.89.